The van der Waals surface area contributed by atoms with E-state index in [2.05, 4.69) is 9.27 Å². The highest BCUT2D eigenvalue weighted by atomic mass is 32.3. The summed E-state index contributed by atoms with van der Waals surface area (Å²) in [6.45, 7) is 0. The van der Waals surface area contributed by atoms with E-state index in [-0.39, 0.29) is 17.2 Å². The number of anilines is 3. The number of hydrogen-bond donors (Lipinski definition) is 3. The second-order valence-electron chi connectivity index (χ2n) is 3.09. The molecule has 6 N–H and O–H groups in total. The van der Waals surface area contributed by atoms with E-state index in [1.807, 2.05) is 0 Å². The van der Waals surface area contributed by atoms with E-state index >= 15 is 0 Å². The monoisotopic (exact) mass is 267 g/mol. The second-order valence-corrected chi connectivity index (χ2v) is 4.09. The third kappa shape index (κ3) is 3.90. The Hall–Kier alpha value is -1.85. The molecule has 1 rings (SSSR count). The summed E-state index contributed by atoms with van der Waals surface area (Å²) < 4.78 is 34.1. The zero-order valence-corrected chi connectivity index (χ0v) is 9.92. The molecule has 1 heterocycles. The highest BCUT2D eigenvalue weighted by Gasteiger charge is 2.20. The van der Waals surface area contributed by atoms with Crippen LogP contribution < -0.4 is 25.4 Å². The van der Waals surface area contributed by atoms with E-state index in [9.17, 15) is 8.42 Å². The fraction of sp³-hybridized carbons (Fsp3) is 0.333. The molecule has 0 aliphatic heterocycles. The lowest BCUT2D eigenvalue weighted by molar-refractivity contribution is -0.835. The normalized spacial score (nSPS) is 10.5. The first-order valence-electron chi connectivity index (χ1n) is 4.03. The number of rotatable bonds is 3. The lowest BCUT2D eigenvalue weighted by Crippen LogP contribution is -2.50. The summed E-state index contributed by atoms with van der Waals surface area (Å²) in [5, 5.41) is 0. The van der Waals surface area contributed by atoms with Crippen LogP contribution in [-0.4, -0.2) is 37.5 Å². The van der Waals surface area contributed by atoms with Crippen molar-refractivity contribution in [2.75, 3.05) is 30.5 Å². The first-order chi connectivity index (χ1) is 7.20. The topological polar surface area (TPSA) is 166 Å². The van der Waals surface area contributed by atoms with Crippen molar-refractivity contribution in [1.82, 2.24) is 4.98 Å². The van der Waals surface area contributed by atoms with E-state index in [0.29, 0.717) is 10.5 Å². The molecule has 0 aliphatic carbocycles. The minimum absolute atomic E-state index is 0. The highest BCUT2D eigenvalue weighted by molar-refractivity contribution is 7.80. The molecule has 98 valence electrons. The van der Waals surface area contributed by atoms with Gasteiger partial charge in [-0.2, -0.15) is 8.42 Å². The maximum absolute atomic E-state index is 10.5. The Morgan fingerprint density at radius 3 is 2.35 bits per heavy atom. The molecule has 0 saturated heterocycles. The van der Waals surface area contributed by atoms with Gasteiger partial charge < -0.3 is 21.8 Å². The summed E-state index contributed by atoms with van der Waals surface area (Å²) in [5.41, 5.74) is 10.9. The molecule has 0 unspecified atom stereocenters. The van der Waals surface area contributed by atoms with Gasteiger partial charge in [0.25, 0.3) is 0 Å². The first kappa shape index (κ1) is 15.2. The molecule has 0 aromatic carbocycles. The van der Waals surface area contributed by atoms with Gasteiger partial charge in [0.05, 0.1) is 6.07 Å². The Labute approximate surface area is 97.6 Å². The number of nitrogens with two attached hydrogens (primary N) is 2. The van der Waals surface area contributed by atoms with Gasteiger partial charge in [-0.3, -0.25) is 4.55 Å². The molecular weight excluding hydrogens is 254 g/mol. The predicted molar refractivity (Wildman–Crippen MR) is 57.6 cm³/mol. The van der Waals surface area contributed by atoms with Gasteiger partial charge in [-0.05, 0) is 4.73 Å². The maximum atomic E-state index is 10.5. The van der Waals surface area contributed by atoms with Crippen molar-refractivity contribution >= 4 is 28.0 Å². The summed E-state index contributed by atoms with van der Waals surface area (Å²) in [7, 11) is -1.30. The van der Waals surface area contributed by atoms with Crippen molar-refractivity contribution < 1.29 is 27.5 Å². The molecule has 0 bridgehead atoms. The summed E-state index contributed by atoms with van der Waals surface area (Å²) in [6, 6.07) is 1.33. The van der Waals surface area contributed by atoms with Crippen molar-refractivity contribution in [2.45, 2.75) is 0 Å². The lowest BCUT2D eigenvalue weighted by atomic mass is 10.5. The number of hydrogen-bond acceptors (Lipinski definition) is 8. The van der Waals surface area contributed by atoms with Crippen LogP contribution in [0.5, 0.6) is 0 Å². The molecule has 0 amide bonds. The van der Waals surface area contributed by atoms with Gasteiger partial charge in [-0.1, -0.05) is 4.98 Å². The first-order valence-corrected chi connectivity index (χ1v) is 5.40. The minimum atomic E-state index is -4.71. The average molecular weight is 267 g/mol. The maximum Gasteiger partial charge on any atom is 0.474 e. The summed E-state index contributed by atoms with van der Waals surface area (Å²) in [5.74, 6) is 0.000313. The number of nitrogens with zero attached hydrogens (tertiary/aromatic N) is 3. The molecule has 0 radical (unpaired) electrons. The third-order valence-corrected chi connectivity index (χ3v) is 1.91. The summed E-state index contributed by atoms with van der Waals surface area (Å²) in [4.78, 5) is 5.42. The lowest BCUT2D eigenvalue weighted by Gasteiger charge is -2.10. The van der Waals surface area contributed by atoms with Crippen LogP contribution in [0.3, 0.4) is 0 Å². The summed E-state index contributed by atoms with van der Waals surface area (Å²) in [6.07, 6.45) is 0. The van der Waals surface area contributed by atoms with Crippen LogP contribution in [0.25, 0.3) is 0 Å². The fourth-order valence-electron chi connectivity index (χ4n) is 0.923. The Balaban J connectivity index is 0.00000256. The standard InChI is InChI=1S/C6H11N5O4S.H2O/c1-10(2)5-3-4(7)11(6(8)9-5)15-16(12,13)14;/h3H,1-2H3,(H4,7,8,9,12,13,14);1H2. The van der Waals surface area contributed by atoms with Crippen LogP contribution in [0.1, 0.15) is 0 Å². The SMILES string of the molecule is CN(C)c1cc(N)[n+](OS(=O)(=O)O)c(N)n1.[OH-]. The van der Waals surface area contributed by atoms with Crippen molar-refractivity contribution in [3.05, 3.63) is 6.07 Å². The molecule has 10 nitrogen and oxygen atoms in total. The van der Waals surface area contributed by atoms with Crippen molar-refractivity contribution in [3.8, 4) is 0 Å². The molecule has 0 aliphatic rings. The van der Waals surface area contributed by atoms with Crippen molar-refractivity contribution in [1.29, 1.82) is 0 Å². The fourth-order valence-corrected chi connectivity index (χ4v) is 1.27. The Morgan fingerprint density at radius 2 is 2.00 bits per heavy atom. The molecule has 0 atom stereocenters. The quantitative estimate of drug-likeness (QED) is 0.401. The van der Waals surface area contributed by atoms with E-state index in [1.54, 1.807) is 19.0 Å². The number of aromatic nitrogens is 2. The van der Waals surface area contributed by atoms with Crippen molar-refractivity contribution in [2.24, 2.45) is 0 Å². The van der Waals surface area contributed by atoms with Crippen LogP contribution in [0.4, 0.5) is 17.6 Å². The molecule has 0 fully saturated rings. The Bertz CT molecular complexity index is 479. The van der Waals surface area contributed by atoms with Crippen LogP contribution in [0.2, 0.25) is 0 Å². The van der Waals surface area contributed by atoms with Crippen molar-refractivity contribution in [3.63, 3.8) is 0 Å². The largest absolute Gasteiger partial charge is 0.870 e. The van der Waals surface area contributed by atoms with E-state index in [0.717, 1.165) is 0 Å². The van der Waals surface area contributed by atoms with Crippen LogP contribution in [0.15, 0.2) is 6.07 Å². The molecular formula is C6H13N5O5S. The van der Waals surface area contributed by atoms with Crippen LogP contribution >= 0.6 is 0 Å². The van der Waals surface area contributed by atoms with E-state index in [4.69, 9.17) is 16.0 Å². The predicted octanol–water partition coefficient (Wildman–Crippen LogP) is -2.35. The van der Waals surface area contributed by atoms with Gasteiger partial charge in [0.15, 0.2) is 5.82 Å². The Morgan fingerprint density at radius 1 is 1.47 bits per heavy atom. The zero-order valence-electron chi connectivity index (χ0n) is 9.10. The molecule has 11 heteroatoms. The second kappa shape index (κ2) is 4.99. The van der Waals surface area contributed by atoms with Gasteiger partial charge in [-0.25, -0.2) is 4.28 Å². The van der Waals surface area contributed by atoms with E-state index in [1.165, 1.54) is 6.07 Å². The van der Waals surface area contributed by atoms with Gasteiger partial charge in [-0.15, -0.1) is 0 Å². The third-order valence-electron chi connectivity index (χ3n) is 1.58. The highest BCUT2D eigenvalue weighted by Crippen LogP contribution is 2.10. The molecule has 0 spiro atoms. The van der Waals surface area contributed by atoms with Gasteiger partial charge in [0.2, 0.25) is 5.82 Å². The molecule has 1 aromatic rings. The Kier molecular flexibility index (Phi) is 4.44. The smallest absolute Gasteiger partial charge is 0.474 e. The van der Waals surface area contributed by atoms with Gasteiger partial charge in [0, 0.05) is 14.1 Å². The molecule has 0 saturated carbocycles. The van der Waals surface area contributed by atoms with Crippen LogP contribution in [0, 0.1) is 0 Å². The molecule has 17 heavy (non-hydrogen) atoms. The average Bonchev–Trinajstić information content (AvgIpc) is 2.09. The van der Waals surface area contributed by atoms with Gasteiger partial charge in [0.1, 0.15) is 0 Å². The molecule has 1 aromatic heterocycles. The number of nitrogen functional groups attached to an aromatic ring is 2. The van der Waals surface area contributed by atoms with Crippen LogP contribution in [-0.2, 0) is 10.4 Å². The van der Waals surface area contributed by atoms with Gasteiger partial charge >= 0.3 is 16.3 Å². The zero-order chi connectivity index (χ0) is 12.5. The summed E-state index contributed by atoms with van der Waals surface area (Å²) >= 11 is 0. The van der Waals surface area contributed by atoms with E-state index < -0.39 is 10.4 Å². The minimum Gasteiger partial charge on any atom is -0.870 e.